The zero-order valence-electron chi connectivity index (χ0n) is 15.0. The zero-order valence-corrected chi connectivity index (χ0v) is 15.0. The highest BCUT2D eigenvalue weighted by Gasteiger charge is 2.33. The number of amides is 1. The van der Waals surface area contributed by atoms with E-state index in [0.29, 0.717) is 12.0 Å². The summed E-state index contributed by atoms with van der Waals surface area (Å²) in [6, 6.07) is 8.42. The number of nitrogens with zero attached hydrogens (tertiary/aromatic N) is 2. The number of aromatic nitrogens is 2. The second kappa shape index (κ2) is 7.59. The van der Waals surface area contributed by atoms with Gasteiger partial charge >= 0.3 is 0 Å². The Morgan fingerprint density at radius 3 is 2.44 bits per heavy atom. The van der Waals surface area contributed by atoms with Crippen molar-refractivity contribution in [2.75, 3.05) is 0 Å². The molecule has 2 aliphatic carbocycles. The molecule has 4 heteroatoms. The molecule has 2 aliphatic rings. The van der Waals surface area contributed by atoms with Gasteiger partial charge in [-0.05, 0) is 43.7 Å². The summed E-state index contributed by atoms with van der Waals surface area (Å²) in [4.78, 5) is 17.8. The van der Waals surface area contributed by atoms with E-state index in [0.717, 1.165) is 36.7 Å². The van der Waals surface area contributed by atoms with Crippen molar-refractivity contribution < 1.29 is 4.79 Å². The first-order valence-electron chi connectivity index (χ1n) is 10.0. The maximum atomic E-state index is 13.3. The van der Waals surface area contributed by atoms with Crippen LogP contribution in [0.25, 0.3) is 11.0 Å². The number of hydrogen-bond acceptors (Lipinski definition) is 2. The first-order chi connectivity index (χ1) is 12.3. The van der Waals surface area contributed by atoms with Gasteiger partial charge in [-0.3, -0.25) is 4.79 Å². The highest BCUT2D eigenvalue weighted by molar-refractivity contribution is 5.84. The Morgan fingerprint density at radius 2 is 1.68 bits per heavy atom. The summed E-state index contributed by atoms with van der Waals surface area (Å²) in [6.07, 6.45) is 14.0. The lowest BCUT2D eigenvalue weighted by Crippen LogP contribution is -2.43. The second-order valence-corrected chi connectivity index (χ2v) is 7.83. The largest absolute Gasteiger partial charge is 0.352 e. The second-order valence-electron chi connectivity index (χ2n) is 7.83. The normalized spacial score (nSPS) is 21.3. The Hall–Kier alpha value is -1.84. The van der Waals surface area contributed by atoms with Crippen LogP contribution in [0.1, 0.15) is 70.3 Å². The molecular weight excluding hydrogens is 310 g/mol. The molecule has 0 radical (unpaired) electrons. The Bertz CT molecular complexity index is 711. The highest BCUT2D eigenvalue weighted by Crippen LogP contribution is 2.35. The predicted molar refractivity (Wildman–Crippen MR) is 100 cm³/mol. The van der Waals surface area contributed by atoms with Crippen molar-refractivity contribution in [3.8, 4) is 0 Å². The number of carbonyl (C=O) groups is 1. The van der Waals surface area contributed by atoms with Gasteiger partial charge in [0.2, 0.25) is 5.91 Å². The van der Waals surface area contributed by atoms with Crippen LogP contribution in [0.3, 0.4) is 0 Å². The summed E-state index contributed by atoms with van der Waals surface area (Å²) >= 11 is 0. The smallest absolute Gasteiger partial charge is 0.243 e. The van der Waals surface area contributed by atoms with Crippen LogP contribution in [-0.4, -0.2) is 21.5 Å². The third-order valence-electron chi connectivity index (χ3n) is 6.10. The van der Waals surface area contributed by atoms with E-state index in [2.05, 4.69) is 20.9 Å². The number of hydrogen-bond donors (Lipinski definition) is 1. The van der Waals surface area contributed by atoms with E-state index in [4.69, 9.17) is 0 Å². The minimum absolute atomic E-state index is 0.116. The van der Waals surface area contributed by atoms with Crippen molar-refractivity contribution in [1.82, 2.24) is 14.9 Å². The highest BCUT2D eigenvalue weighted by atomic mass is 16.2. The fraction of sp³-hybridized carbons (Fsp3) is 0.619. The number of rotatable bonds is 4. The summed E-state index contributed by atoms with van der Waals surface area (Å²) in [5, 5.41) is 3.38. The summed E-state index contributed by atoms with van der Waals surface area (Å²) in [7, 11) is 0. The van der Waals surface area contributed by atoms with Gasteiger partial charge in [-0.2, -0.15) is 0 Å². The fourth-order valence-corrected chi connectivity index (χ4v) is 4.75. The molecule has 1 N–H and O–H groups in total. The topological polar surface area (TPSA) is 46.9 Å². The monoisotopic (exact) mass is 339 g/mol. The van der Waals surface area contributed by atoms with Crippen LogP contribution in [0.4, 0.5) is 0 Å². The van der Waals surface area contributed by atoms with E-state index < -0.39 is 0 Å². The number of nitrogens with one attached hydrogen (secondary N) is 1. The molecule has 1 heterocycles. The molecule has 1 unspecified atom stereocenters. The Morgan fingerprint density at radius 1 is 1.00 bits per heavy atom. The van der Waals surface area contributed by atoms with Crippen LogP contribution in [-0.2, 0) is 4.79 Å². The van der Waals surface area contributed by atoms with E-state index in [1.54, 1.807) is 0 Å². The van der Waals surface area contributed by atoms with Gasteiger partial charge in [0.15, 0.2) is 0 Å². The van der Waals surface area contributed by atoms with Gasteiger partial charge in [-0.1, -0.05) is 50.7 Å². The molecule has 0 bridgehead atoms. The third kappa shape index (κ3) is 3.58. The summed E-state index contributed by atoms with van der Waals surface area (Å²) in [5.74, 6) is 0.636. The van der Waals surface area contributed by atoms with Crippen molar-refractivity contribution in [3.05, 3.63) is 30.6 Å². The fourth-order valence-electron chi connectivity index (χ4n) is 4.75. The van der Waals surface area contributed by atoms with E-state index in [1.165, 1.54) is 38.5 Å². The molecule has 2 saturated carbocycles. The molecule has 2 aromatic rings. The van der Waals surface area contributed by atoms with Crippen molar-refractivity contribution in [1.29, 1.82) is 0 Å². The maximum absolute atomic E-state index is 13.3. The van der Waals surface area contributed by atoms with Crippen LogP contribution >= 0.6 is 0 Å². The van der Waals surface area contributed by atoms with E-state index in [-0.39, 0.29) is 11.9 Å². The van der Waals surface area contributed by atoms with Crippen LogP contribution in [0.2, 0.25) is 0 Å². The van der Waals surface area contributed by atoms with Gasteiger partial charge in [0, 0.05) is 6.04 Å². The quantitative estimate of drug-likeness (QED) is 0.884. The van der Waals surface area contributed by atoms with Crippen molar-refractivity contribution in [3.63, 3.8) is 0 Å². The van der Waals surface area contributed by atoms with E-state index in [9.17, 15) is 4.79 Å². The van der Waals surface area contributed by atoms with Crippen LogP contribution in [0.15, 0.2) is 30.6 Å². The minimum Gasteiger partial charge on any atom is -0.352 e. The summed E-state index contributed by atoms with van der Waals surface area (Å²) in [5.41, 5.74) is 2.06. The predicted octanol–water partition coefficient (Wildman–Crippen LogP) is 4.61. The number of fused-ring (bicyclic) bond motifs is 1. The molecule has 1 atom stereocenters. The molecule has 0 spiro atoms. The van der Waals surface area contributed by atoms with Crippen LogP contribution < -0.4 is 5.32 Å². The van der Waals surface area contributed by atoms with Gasteiger partial charge in [0.05, 0.1) is 17.4 Å². The lowest BCUT2D eigenvalue weighted by molar-refractivity contribution is -0.127. The third-order valence-corrected chi connectivity index (χ3v) is 6.10. The van der Waals surface area contributed by atoms with Gasteiger partial charge in [-0.25, -0.2) is 4.98 Å². The minimum atomic E-state index is -0.116. The average molecular weight is 339 g/mol. The Balaban J connectivity index is 1.62. The Kier molecular flexibility index (Phi) is 5.04. The first kappa shape index (κ1) is 16.6. The molecule has 1 aromatic carbocycles. The molecule has 0 aliphatic heterocycles. The van der Waals surface area contributed by atoms with Gasteiger partial charge < -0.3 is 9.88 Å². The van der Waals surface area contributed by atoms with Crippen molar-refractivity contribution in [2.24, 2.45) is 5.92 Å². The molecule has 0 saturated heterocycles. The lowest BCUT2D eigenvalue weighted by Gasteiger charge is -2.32. The molecular formula is C21H29N3O. The van der Waals surface area contributed by atoms with Gasteiger partial charge in [0.1, 0.15) is 6.04 Å². The number of para-hydroxylation sites is 2. The lowest BCUT2D eigenvalue weighted by atomic mass is 9.83. The van der Waals surface area contributed by atoms with E-state index >= 15 is 0 Å². The zero-order chi connectivity index (χ0) is 17.1. The first-order valence-corrected chi connectivity index (χ1v) is 10.0. The summed E-state index contributed by atoms with van der Waals surface area (Å²) in [6.45, 7) is 0. The van der Waals surface area contributed by atoms with Crippen LogP contribution in [0.5, 0.6) is 0 Å². The Labute approximate surface area is 150 Å². The molecule has 1 aromatic heterocycles. The summed E-state index contributed by atoms with van der Waals surface area (Å²) < 4.78 is 2.14. The van der Waals surface area contributed by atoms with Gasteiger partial charge in [0.25, 0.3) is 0 Å². The molecule has 2 fully saturated rings. The van der Waals surface area contributed by atoms with Gasteiger partial charge in [-0.15, -0.1) is 0 Å². The maximum Gasteiger partial charge on any atom is 0.243 e. The molecule has 25 heavy (non-hydrogen) atoms. The van der Waals surface area contributed by atoms with E-state index in [1.807, 2.05) is 24.5 Å². The average Bonchev–Trinajstić information content (AvgIpc) is 3.08. The van der Waals surface area contributed by atoms with Crippen molar-refractivity contribution >= 4 is 16.9 Å². The van der Waals surface area contributed by atoms with Crippen LogP contribution in [0, 0.1) is 5.92 Å². The number of benzene rings is 1. The van der Waals surface area contributed by atoms with Crippen molar-refractivity contribution in [2.45, 2.75) is 76.3 Å². The molecule has 4 rings (SSSR count). The molecule has 4 nitrogen and oxygen atoms in total. The standard InChI is InChI=1S/C21H29N3O/c25-21(23-17-11-5-2-6-12-17)20(16-9-3-1-4-10-16)24-15-22-18-13-7-8-14-19(18)24/h7-8,13-17,20H,1-6,9-12H2,(H,23,25). The molecule has 1 amide bonds. The SMILES string of the molecule is O=C(NC1CCCCC1)C(C1CCCCC1)n1cnc2ccccc21. The molecule has 134 valence electrons. The number of imidazole rings is 1. The number of carbonyl (C=O) groups excluding carboxylic acids is 1.